The maximum atomic E-state index is 11.4. The van der Waals surface area contributed by atoms with E-state index in [0.29, 0.717) is 18.8 Å². The number of hydrogen-bond donors (Lipinski definition) is 2. The van der Waals surface area contributed by atoms with Crippen LogP contribution in [0.2, 0.25) is 0 Å². The van der Waals surface area contributed by atoms with E-state index in [1.54, 1.807) is 12.1 Å². The summed E-state index contributed by atoms with van der Waals surface area (Å²) in [5.41, 5.74) is 0.519. The molecule has 2 rings (SSSR count). The van der Waals surface area contributed by atoms with Crippen LogP contribution >= 0.6 is 0 Å². The van der Waals surface area contributed by atoms with Crippen LogP contribution in [0, 0.1) is 10.1 Å². The first-order chi connectivity index (χ1) is 12.2. The zero-order valence-corrected chi connectivity index (χ0v) is 14.5. The molecule has 0 radical (unpaired) electrons. The van der Waals surface area contributed by atoms with E-state index in [0.717, 1.165) is 25.0 Å². The number of rotatable bonds is 10. The smallest absolute Gasteiger partial charge is 0.353 e. The first kappa shape index (κ1) is 18.4. The van der Waals surface area contributed by atoms with Gasteiger partial charge < -0.3 is 15.4 Å². The molecule has 0 aliphatic carbocycles. The zero-order valence-electron chi connectivity index (χ0n) is 14.5. The average molecular weight is 345 g/mol. The molecule has 2 N–H and O–H groups in total. The molecule has 0 bridgehead atoms. The molecule has 2 aromatic rings. The van der Waals surface area contributed by atoms with Crippen LogP contribution in [0.3, 0.4) is 0 Å². The second-order valence-electron chi connectivity index (χ2n) is 5.45. The Bertz CT molecular complexity index is 691. The van der Waals surface area contributed by atoms with Gasteiger partial charge in [0.05, 0.1) is 11.5 Å². The fourth-order valence-corrected chi connectivity index (χ4v) is 2.12. The lowest BCUT2D eigenvalue weighted by Crippen LogP contribution is -2.08. The Labute approximate surface area is 146 Å². The van der Waals surface area contributed by atoms with Crippen molar-refractivity contribution in [2.24, 2.45) is 0 Å². The summed E-state index contributed by atoms with van der Waals surface area (Å²) in [5, 5.41) is 17.4. The summed E-state index contributed by atoms with van der Waals surface area (Å²) in [6.45, 7) is 5.35. The van der Waals surface area contributed by atoms with Gasteiger partial charge in [-0.2, -0.15) is 0 Å². The maximum absolute atomic E-state index is 11.4. The second-order valence-corrected chi connectivity index (χ2v) is 5.45. The Balaban J connectivity index is 2.14. The molecule has 0 spiro atoms. The SMILES string of the molecule is CCCCOc1ccc(Nc2ncnc(NCCC)c2[N+](=O)[O-])cc1. The van der Waals surface area contributed by atoms with Crippen molar-refractivity contribution < 1.29 is 9.66 Å². The third-order valence-electron chi connectivity index (χ3n) is 3.43. The first-order valence-corrected chi connectivity index (χ1v) is 8.38. The van der Waals surface area contributed by atoms with E-state index in [1.807, 2.05) is 19.1 Å². The molecule has 0 unspecified atom stereocenters. The minimum absolute atomic E-state index is 0.151. The van der Waals surface area contributed by atoms with Crippen LogP contribution in [0.15, 0.2) is 30.6 Å². The highest BCUT2D eigenvalue weighted by Gasteiger charge is 2.22. The topological polar surface area (TPSA) is 102 Å². The molecule has 0 saturated heterocycles. The molecular formula is C17H23N5O3. The van der Waals surface area contributed by atoms with E-state index in [-0.39, 0.29) is 17.3 Å². The highest BCUT2D eigenvalue weighted by Crippen LogP contribution is 2.31. The van der Waals surface area contributed by atoms with Gasteiger partial charge in [0.2, 0.25) is 11.6 Å². The fraction of sp³-hybridized carbons (Fsp3) is 0.412. The fourth-order valence-electron chi connectivity index (χ4n) is 2.12. The van der Waals surface area contributed by atoms with Crippen LogP contribution in [-0.2, 0) is 0 Å². The highest BCUT2D eigenvalue weighted by atomic mass is 16.6. The van der Waals surface area contributed by atoms with Gasteiger partial charge in [0, 0.05) is 12.2 Å². The number of anilines is 3. The van der Waals surface area contributed by atoms with E-state index in [9.17, 15) is 10.1 Å². The Morgan fingerprint density at radius 3 is 2.48 bits per heavy atom. The predicted octanol–water partition coefficient (Wildman–Crippen LogP) is 4.13. The van der Waals surface area contributed by atoms with Gasteiger partial charge in [-0.25, -0.2) is 9.97 Å². The van der Waals surface area contributed by atoms with Crippen LogP contribution in [-0.4, -0.2) is 28.0 Å². The van der Waals surface area contributed by atoms with Crippen LogP contribution in [0.25, 0.3) is 0 Å². The summed E-state index contributed by atoms with van der Waals surface area (Å²) in [6, 6.07) is 7.24. The van der Waals surface area contributed by atoms with Crippen molar-refractivity contribution in [3.05, 3.63) is 40.7 Å². The average Bonchev–Trinajstić information content (AvgIpc) is 2.61. The van der Waals surface area contributed by atoms with Gasteiger partial charge in [0.1, 0.15) is 12.1 Å². The standard InChI is InChI=1S/C17H23N5O3/c1-3-5-11-25-14-8-6-13(7-9-14)21-17-15(22(23)24)16(18-10-4-2)19-12-20-17/h6-9,12H,3-5,10-11H2,1-2H3,(H2,18,19,20,21). The number of benzene rings is 1. The number of hydrogen-bond acceptors (Lipinski definition) is 7. The third kappa shape index (κ3) is 5.30. The molecular weight excluding hydrogens is 322 g/mol. The maximum Gasteiger partial charge on any atom is 0.353 e. The van der Waals surface area contributed by atoms with Crippen molar-refractivity contribution in [2.75, 3.05) is 23.8 Å². The summed E-state index contributed by atoms with van der Waals surface area (Å²) in [4.78, 5) is 18.9. The Kier molecular flexibility index (Phi) is 6.94. The molecule has 1 heterocycles. The summed E-state index contributed by atoms with van der Waals surface area (Å²) < 4.78 is 5.61. The molecule has 1 aromatic heterocycles. The minimum atomic E-state index is -0.484. The Morgan fingerprint density at radius 1 is 1.12 bits per heavy atom. The molecule has 8 heteroatoms. The third-order valence-corrected chi connectivity index (χ3v) is 3.43. The second kappa shape index (κ2) is 9.41. The normalized spacial score (nSPS) is 10.3. The lowest BCUT2D eigenvalue weighted by molar-refractivity contribution is -0.383. The molecule has 0 aliphatic heterocycles. The van der Waals surface area contributed by atoms with Gasteiger partial charge in [-0.05, 0) is 37.1 Å². The zero-order chi connectivity index (χ0) is 18.1. The van der Waals surface area contributed by atoms with E-state index in [4.69, 9.17) is 4.74 Å². The van der Waals surface area contributed by atoms with Crippen molar-refractivity contribution in [3.63, 3.8) is 0 Å². The molecule has 0 aliphatic rings. The Hall–Kier alpha value is -2.90. The molecule has 1 aromatic carbocycles. The first-order valence-electron chi connectivity index (χ1n) is 8.38. The lowest BCUT2D eigenvalue weighted by Gasteiger charge is -2.10. The van der Waals surface area contributed by atoms with E-state index >= 15 is 0 Å². The number of aromatic nitrogens is 2. The summed E-state index contributed by atoms with van der Waals surface area (Å²) in [7, 11) is 0. The van der Waals surface area contributed by atoms with Crippen LogP contribution in [0.1, 0.15) is 33.1 Å². The van der Waals surface area contributed by atoms with E-state index in [2.05, 4.69) is 27.5 Å². The Morgan fingerprint density at radius 2 is 1.84 bits per heavy atom. The van der Waals surface area contributed by atoms with Gasteiger partial charge in [0.15, 0.2) is 0 Å². The highest BCUT2D eigenvalue weighted by molar-refractivity contribution is 5.73. The largest absolute Gasteiger partial charge is 0.494 e. The molecule has 25 heavy (non-hydrogen) atoms. The van der Waals surface area contributed by atoms with Gasteiger partial charge in [-0.15, -0.1) is 0 Å². The van der Waals surface area contributed by atoms with Crippen molar-refractivity contribution in [1.82, 2.24) is 9.97 Å². The van der Waals surface area contributed by atoms with E-state index < -0.39 is 4.92 Å². The number of unbranched alkanes of at least 4 members (excludes halogenated alkanes) is 1. The van der Waals surface area contributed by atoms with Crippen molar-refractivity contribution in [2.45, 2.75) is 33.1 Å². The minimum Gasteiger partial charge on any atom is -0.494 e. The lowest BCUT2D eigenvalue weighted by atomic mass is 10.3. The molecule has 0 saturated carbocycles. The number of ether oxygens (including phenoxy) is 1. The molecule has 0 atom stereocenters. The van der Waals surface area contributed by atoms with Gasteiger partial charge in [-0.1, -0.05) is 20.3 Å². The van der Waals surface area contributed by atoms with Gasteiger partial charge in [-0.3, -0.25) is 10.1 Å². The summed E-state index contributed by atoms with van der Waals surface area (Å²) in [5.74, 6) is 1.13. The quantitative estimate of drug-likeness (QED) is 0.379. The molecule has 0 fully saturated rings. The van der Waals surface area contributed by atoms with Crippen molar-refractivity contribution >= 4 is 23.0 Å². The predicted molar refractivity (Wildman–Crippen MR) is 97.6 cm³/mol. The van der Waals surface area contributed by atoms with Crippen LogP contribution in [0.4, 0.5) is 23.0 Å². The summed E-state index contributed by atoms with van der Waals surface area (Å²) in [6.07, 6.45) is 4.21. The van der Waals surface area contributed by atoms with Gasteiger partial charge >= 0.3 is 5.69 Å². The monoisotopic (exact) mass is 345 g/mol. The summed E-state index contributed by atoms with van der Waals surface area (Å²) >= 11 is 0. The number of nitrogens with zero attached hydrogens (tertiary/aromatic N) is 3. The number of nitro groups is 1. The van der Waals surface area contributed by atoms with Gasteiger partial charge in [0.25, 0.3) is 0 Å². The van der Waals surface area contributed by atoms with Crippen molar-refractivity contribution in [1.29, 1.82) is 0 Å². The molecule has 0 amide bonds. The van der Waals surface area contributed by atoms with Crippen molar-refractivity contribution in [3.8, 4) is 5.75 Å². The van der Waals surface area contributed by atoms with E-state index in [1.165, 1.54) is 6.33 Å². The number of nitrogens with one attached hydrogen (secondary N) is 2. The molecule has 134 valence electrons. The van der Waals surface area contributed by atoms with Crippen LogP contribution in [0.5, 0.6) is 5.75 Å². The van der Waals surface area contributed by atoms with Crippen LogP contribution < -0.4 is 15.4 Å². The molecule has 8 nitrogen and oxygen atoms in total.